The molecule has 0 spiro atoms. The van der Waals surface area contributed by atoms with Crippen LogP contribution >= 0.6 is 0 Å². The zero-order valence-electron chi connectivity index (χ0n) is 10.9. The summed E-state index contributed by atoms with van der Waals surface area (Å²) in [6, 6.07) is 1.18. The Kier molecular flexibility index (Phi) is 3.42. The molecular weight excluding hydrogens is 246 g/mol. The van der Waals surface area contributed by atoms with Crippen molar-refractivity contribution in [2.75, 3.05) is 31.1 Å². The van der Waals surface area contributed by atoms with Crippen molar-refractivity contribution in [2.45, 2.75) is 31.7 Å². The van der Waals surface area contributed by atoms with Crippen LogP contribution in [0.25, 0.3) is 0 Å². The molecule has 1 aliphatic heterocycles. The van der Waals surface area contributed by atoms with E-state index in [1.807, 2.05) is 4.90 Å². The van der Waals surface area contributed by atoms with Crippen LogP contribution in [0, 0.1) is 0 Å². The molecule has 6 heteroatoms. The second-order valence-electron chi connectivity index (χ2n) is 5.28. The number of oxazole rings is 1. The van der Waals surface area contributed by atoms with Gasteiger partial charge < -0.3 is 14.4 Å². The number of hydrogen-bond acceptors (Lipinski definition) is 5. The normalized spacial score (nSPS) is 22.0. The summed E-state index contributed by atoms with van der Waals surface area (Å²) in [5, 5.41) is 8.83. The minimum absolute atomic E-state index is 0.0202. The molecule has 1 aliphatic carbocycles. The lowest BCUT2D eigenvalue weighted by Crippen LogP contribution is -2.49. The van der Waals surface area contributed by atoms with Gasteiger partial charge in [0.25, 0.3) is 6.01 Å². The summed E-state index contributed by atoms with van der Waals surface area (Å²) in [7, 11) is 0. The van der Waals surface area contributed by atoms with Crippen LogP contribution < -0.4 is 4.90 Å². The molecule has 2 fully saturated rings. The molecule has 1 N–H and O–H groups in total. The summed E-state index contributed by atoms with van der Waals surface area (Å²) in [6.45, 7) is 3.73. The molecule has 0 unspecified atom stereocenters. The number of rotatable bonds is 3. The molecule has 6 nitrogen and oxygen atoms in total. The SMILES string of the molecule is O=C(O)c1coc(N2CCN(C3CCCC3)CC2)n1. The van der Waals surface area contributed by atoms with E-state index in [2.05, 4.69) is 9.88 Å². The van der Waals surface area contributed by atoms with E-state index >= 15 is 0 Å². The molecule has 2 aliphatic rings. The van der Waals surface area contributed by atoms with Gasteiger partial charge in [0.15, 0.2) is 5.69 Å². The summed E-state index contributed by atoms with van der Waals surface area (Å²) < 4.78 is 5.24. The first-order chi connectivity index (χ1) is 9.24. The second-order valence-corrected chi connectivity index (χ2v) is 5.28. The Morgan fingerprint density at radius 2 is 1.95 bits per heavy atom. The minimum Gasteiger partial charge on any atom is -0.476 e. The van der Waals surface area contributed by atoms with Crippen molar-refractivity contribution < 1.29 is 14.3 Å². The van der Waals surface area contributed by atoms with Crippen LogP contribution in [-0.2, 0) is 0 Å². The highest BCUT2D eigenvalue weighted by atomic mass is 16.4. The van der Waals surface area contributed by atoms with Crippen LogP contribution in [0.15, 0.2) is 10.7 Å². The number of anilines is 1. The smallest absolute Gasteiger partial charge is 0.357 e. The minimum atomic E-state index is -1.04. The highest BCUT2D eigenvalue weighted by Gasteiger charge is 2.27. The van der Waals surface area contributed by atoms with Gasteiger partial charge in [-0.15, -0.1) is 0 Å². The molecule has 19 heavy (non-hydrogen) atoms. The second kappa shape index (κ2) is 5.21. The predicted octanol–water partition coefficient (Wildman–Crippen LogP) is 1.44. The fourth-order valence-corrected chi connectivity index (χ4v) is 3.06. The van der Waals surface area contributed by atoms with Gasteiger partial charge in [0.2, 0.25) is 0 Å². The van der Waals surface area contributed by atoms with Crippen LogP contribution in [0.5, 0.6) is 0 Å². The van der Waals surface area contributed by atoms with E-state index in [1.165, 1.54) is 31.9 Å². The molecule has 3 rings (SSSR count). The topological polar surface area (TPSA) is 69.8 Å². The van der Waals surface area contributed by atoms with Gasteiger partial charge in [-0.2, -0.15) is 4.98 Å². The highest BCUT2D eigenvalue weighted by molar-refractivity contribution is 5.85. The maximum absolute atomic E-state index is 10.8. The average Bonchev–Trinajstić information content (AvgIpc) is 3.11. The van der Waals surface area contributed by atoms with Gasteiger partial charge in [-0.1, -0.05) is 12.8 Å². The number of carboxylic acid groups (broad SMARTS) is 1. The maximum Gasteiger partial charge on any atom is 0.357 e. The summed E-state index contributed by atoms with van der Waals surface area (Å²) in [4.78, 5) is 19.3. The first-order valence-electron chi connectivity index (χ1n) is 6.92. The Labute approximate surface area is 112 Å². The molecule has 0 bridgehead atoms. The largest absolute Gasteiger partial charge is 0.476 e. The van der Waals surface area contributed by atoms with E-state index < -0.39 is 5.97 Å². The summed E-state index contributed by atoms with van der Waals surface area (Å²) in [5.41, 5.74) is -0.0202. The highest BCUT2D eigenvalue weighted by Crippen LogP contribution is 2.25. The molecular formula is C13H19N3O3. The van der Waals surface area contributed by atoms with Crippen LogP contribution in [0.1, 0.15) is 36.2 Å². The standard InChI is InChI=1S/C13H19N3O3/c17-12(18)11-9-19-13(14-11)16-7-5-15(6-8-16)10-3-1-2-4-10/h9-10H,1-8H2,(H,17,18). The molecule has 2 heterocycles. The van der Waals surface area contributed by atoms with Crippen molar-refractivity contribution in [2.24, 2.45) is 0 Å². The van der Waals surface area contributed by atoms with Crippen molar-refractivity contribution >= 4 is 12.0 Å². The first kappa shape index (κ1) is 12.5. The molecule has 1 aromatic heterocycles. The van der Waals surface area contributed by atoms with E-state index in [0.29, 0.717) is 6.01 Å². The average molecular weight is 265 g/mol. The lowest BCUT2D eigenvalue weighted by molar-refractivity contribution is 0.0690. The third-order valence-corrected chi connectivity index (χ3v) is 4.14. The molecule has 104 valence electrons. The quantitative estimate of drug-likeness (QED) is 0.891. The monoisotopic (exact) mass is 265 g/mol. The van der Waals surface area contributed by atoms with E-state index in [4.69, 9.17) is 9.52 Å². The molecule has 1 saturated heterocycles. The van der Waals surface area contributed by atoms with Gasteiger partial charge in [-0.3, -0.25) is 4.90 Å². The summed E-state index contributed by atoms with van der Waals surface area (Å²) in [6.07, 6.45) is 6.56. The van der Waals surface area contributed by atoms with Crippen molar-refractivity contribution in [1.82, 2.24) is 9.88 Å². The van der Waals surface area contributed by atoms with Crippen LogP contribution in [0.2, 0.25) is 0 Å². The van der Waals surface area contributed by atoms with E-state index in [-0.39, 0.29) is 5.69 Å². The fourth-order valence-electron chi connectivity index (χ4n) is 3.06. The van der Waals surface area contributed by atoms with E-state index in [1.54, 1.807) is 0 Å². The van der Waals surface area contributed by atoms with Gasteiger partial charge in [-0.25, -0.2) is 4.79 Å². The Bertz CT molecular complexity index is 446. The van der Waals surface area contributed by atoms with Gasteiger partial charge in [0.05, 0.1) is 0 Å². The Hall–Kier alpha value is -1.56. The van der Waals surface area contributed by atoms with Gasteiger partial charge >= 0.3 is 5.97 Å². The Balaban J connectivity index is 1.58. The molecule has 1 saturated carbocycles. The molecule has 0 radical (unpaired) electrons. The number of aromatic carboxylic acids is 1. The van der Waals surface area contributed by atoms with Crippen LogP contribution in [0.4, 0.5) is 6.01 Å². The van der Waals surface area contributed by atoms with Gasteiger partial charge in [0.1, 0.15) is 6.26 Å². The summed E-state index contributed by atoms with van der Waals surface area (Å²) in [5.74, 6) is -1.04. The lowest BCUT2D eigenvalue weighted by atomic mass is 10.2. The zero-order chi connectivity index (χ0) is 13.2. The number of nitrogens with zero attached hydrogens (tertiary/aromatic N) is 3. The lowest BCUT2D eigenvalue weighted by Gasteiger charge is -2.37. The van der Waals surface area contributed by atoms with Crippen molar-refractivity contribution in [1.29, 1.82) is 0 Å². The summed E-state index contributed by atoms with van der Waals surface area (Å²) >= 11 is 0. The Morgan fingerprint density at radius 1 is 1.26 bits per heavy atom. The molecule has 1 aromatic rings. The van der Waals surface area contributed by atoms with Crippen molar-refractivity contribution in [3.8, 4) is 0 Å². The van der Waals surface area contributed by atoms with Crippen molar-refractivity contribution in [3.05, 3.63) is 12.0 Å². The van der Waals surface area contributed by atoms with Crippen molar-refractivity contribution in [3.63, 3.8) is 0 Å². The van der Waals surface area contributed by atoms with E-state index in [9.17, 15) is 4.79 Å². The number of hydrogen-bond donors (Lipinski definition) is 1. The third kappa shape index (κ3) is 2.58. The Morgan fingerprint density at radius 3 is 2.53 bits per heavy atom. The van der Waals surface area contributed by atoms with Crippen LogP contribution in [0.3, 0.4) is 0 Å². The van der Waals surface area contributed by atoms with Crippen LogP contribution in [-0.4, -0.2) is 53.2 Å². The first-order valence-corrected chi connectivity index (χ1v) is 6.92. The number of piperazine rings is 1. The molecule has 0 amide bonds. The number of aromatic nitrogens is 1. The third-order valence-electron chi connectivity index (χ3n) is 4.14. The number of carbonyl (C=O) groups is 1. The maximum atomic E-state index is 10.8. The van der Waals surface area contributed by atoms with Gasteiger partial charge in [0, 0.05) is 32.2 Å². The fraction of sp³-hybridized carbons (Fsp3) is 0.692. The van der Waals surface area contributed by atoms with E-state index in [0.717, 1.165) is 32.2 Å². The zero-order valence-corrected chi connectivity index (χ0v) is 10.9. The predicted molar refractivity (Wildman–Crippen MR) is 69.5 cm³/mol. The molecule has 0 atom stereocenters. The number of carboxylic acids is 1. The van der Waals surface area contributed by atoms with Gasteiger partial charge in [-0.05, 0) is 12.8 Å². The molecule has 0 aromatic carbocycles.